The van der Waals surface area contributed by atoms with Crippen LogP contribution in [0.15, 0.2) is 4.99 Å². The molecule has 2 nitrogen and oxygen atoms in total. The first-order valence-electron chi connectivity index (χ1n) is 5.25. The third kappa shape index (κ3) is 1.52. The zero-order chi connectivity index (χ0) is 8.84. The molecule has 3 aliphatic rings. The molecule has 0 saturated heterocycles. The van der Waals surface area contributed by atoms with Gasteiger partial charge in [-0.2, -0.15) is 0 Å². The van der Waals surface area contributed by atoms with Gasteiger partial charge in [0.2, 0.25) is 0 Å². The van der Waals surface area contributed by atoms with Gasteiger partial charge in [0.25, 0.3) is 0 Å². The van der Waals surface area contributed by atoms with Crippen molar-refractivity contribution in [2.45, 2.75) is 49.5 Å². The van der Waals surface area contributed by atoms with Crippen molar-refractivity contribution in [3.05, 3.63) is 0 Å². The van der Waals surface area contributed by atoms with Crippen LogP contribution in [0.25, 0.3) is 0 Å². The van der Waals surface area contributed by atoms with Gasteiger partial charge >= 0.3 is 0 Å². The standard InChI is InChI=1S/C10H15NOS/c12-7-3-4-8-9(5-7)13-10(11-8)6-1-2-6/h6-9,12H,1-5H2. The van der Waals surface area contributed by atoms with E-state index < -0.39 is 0 Å². The molecule has 3 atom stereocenters. The summed E-state index contributed by atoms with van der Waals surface area (Å²) in [4.78, 5) is 4.78. The van der Waals surface area contributed by atoms with E-state index in [-0.39, 0.29) is 6.10 Å². The molecule has 0 aromatic heterocycles. The van der Waals surface area contributed by atoms with Crippen LogP contribution in [0.2, 0.25) is 0 Å². The maximum Gasteiger partial charge on any atom is 0.0714 e. The lowest BCUT2D eigenvalue weighted by atomic mass is 9.93. The molecule has 0 spiro atoms. The zero-order valence-corrected chi connectivity index (χ0v) is 8.46. The van der Waals surface area contributed by atoms with Crippen LogP contribution in [0, 0.1) is 5.92 Å². The van der Waals surface area contributed by atoms with Crippen molar-refractivity contribution in [1.29, 1.82) is 0 Å². The smallest absolute Gasteiger partial charge is 0.0714 e. The Morgan fingerprint density at radius 2 is 2.08 bits per heavy atom. The molecule has 1 N–H and O–H groups in total. The van der Waals surface area contributed by atoms with Gasteiger partial charge in [0, 0.05) is 11.2 Å². The highest BCUT2D eigenvalue weighted by atomic mass is 32.2. The lowest BCUT2D eigenvalue weighted by Crippen LogP contribution is -2.30. The predicted molar refractivity (Wildman–Crippen MR) is 55.2 cm³/mol. The fraction of sp³-hybridized carbons (Fsp3) is 0.900. The highest BCUT2D eigenvalue weighted by molar-refractivity contribution is 8.14. The molecule has 0 radical (unpaired) electrons. The average Bonchev–Trinajstić information content (AvgIpc) is 2.87. The van der Waals surface area contributed by atoms with Crippen LogP contribution in [-0.2, 0) is 0 Å². The van der Waals surface area contributed by atoms with Crippen molar-refractivity contribution in [1.82, 2.24) is 0 Å². The second kappa shape index (κ2) is 2.99. The van der Waals surface area contributed by atoms with Crippen molar-refractivity contribution < 1.29 is 5.11 Å². The fourth-order valence-electron chi connectivity index (χ4n) is 2.25. The summed E-state index contributed by atoms with van der Waals surface area (Å²) >= 11 is 1.96. The van der Waals surface area contributed by atoms with Gasteiger partial charge in [0.15, 0.2) is 0 Å². The monoisotopic (exact) mass is 197 g/mol. The van der Waals surface area contributed by atoms with E-state index in [2.05, 4.69) is 0 Å². The SMILES string of the molecule is OC1CCC2N=C(C3CC3)SC2C1. The molecule has 3 heteroatoms. The third-order valence-corrected chi connectivity index (χ3v) is 4.71. The molecule has 2 aliphatic carbocycles. The molecule has 0 aromatic carbocycles. The Labute approximate surface area is 82.8 Å². The van der Waals surface area contributed by atoms with E-state index in [0.29, 0.717) is 11.3 Å². The number of fused-ring (bicyclic) bond motifs is 1. The molecule has 0 aromatic rings. The summed E-state index contributed by atoms with van der Waals surface area (Å²) in [5.74, 6) is 0.813. The predicted octanol–water partition coefficient (Wildman–Crippen LogP) is 1.82. The van der Waals surface area contributed by atoms with Crippen molar-refractivity contribution in [3.63, 3.8) is 0 Å². The fourth-order valence-corrected chi connectivity index (χ4v) is 3.85. The van der Waals surface area contributed by atoms with Crippen LogP contribution >= 0.6 is 11.8 Å². The first-order valence-corrected chi connectivity index (χ1v) is 6.13. The van der Waals surface area contributed by atoms with Gasteiger partial charge in [-0.3, -0.25) is 4.99 Å². The Kier molecular flexibility index (Phi) is 1.91. The minimum atomic E-state index is -0.0532. The van der Waals surface area contributed by atoms with E-state index in [4.69, 9.17) is 4.99 Å². The van der Waals surface area contributed by atoms with Crippen LogP contribution in [0.4, 0.5) is 0 Å². The summed E-state index contributed by atoms with van der Waals surface area (Å²) in [6.45, 7) is 0. The van der Waals surface area contributed by atoms with E-state index in [1.165, 1.54) is 17.9 Å². The summed E-state index contributed by atoms with van der Waals surface area (Å²) in [5.41, 5.74) is 0. The lowest BCUT2D eigenvalue weighted by molar-refractivity contribution is 0.127. The Hall–Kier alpha value is -0.0200. The summed E-state index contributed by atoms with van der Waals surface area (Å²) in [6.07, 6.45) is 5.69. The summed E-state index contributed by atoms with van der Waals surface area (Å²) in [6, 6.07) is 0.545. The van der Waals surface area contributed by atoms with Gasteiger partial charge in [-0.15, -0.1) is 11.8 Å². The highest BCUT2D eigenvalue weighted by Gasteiger charge is 2.40. The molecule has 2 fully saturated rings. The van der Waals surface area contributed by atoms with Gasteiger partial charge in [-0.05, 0) is 32.1 Å². The zero-order valence-electron chi connectivity index (χ0n) is 7.65. The normalized spacial score (nSPS) is 44.4. The molecule has 1 aliphatic heterocycles. The third-order valence-electron chi connectivity index (χ3n) is 3.22. The molecule has 0 amide bonds. The number of nitrogens with zero attached hydrogens (tertiary/aromatic N) is 1. The van der Waals surface area contributed by atoms with Gasteiger partial charge in [0.1, 0.15) is 0 Å². The van der Waals surface area contributed by atoms with Crippen molar-refractivity contribution in [2.75, 3.05) is 0 Å². The number of hydrogen-bond donors (Lipinski definition) is 1. The van der Waals surface area contributed by atoms with Crippen LogP contribution < -0.4 is 0 Å². The molecule has 3 unspecified atom stereocenters. The van der Waals surface area contributed by atoms with Crippen LogP contribution in [0.1, 0.15) is 32.1 Å². The second-order valence-corrected chi connectivity index (χ2v) is 5.69. The van der Waals surface area contributed by atoms with Gasteiger partial charge < -0.3 is 5.11 Å². The van der Waals surface area contributed by atoms with E-state index in [1.54, 1.807) is 0 Å². The first kappa shape index (κ1) is 8.30. The van der Waals surface area contributed by atoms with Crippen LogP contribution in [-0.4, -0.2) is 27.5 Å². The number of aliphatic imine (C=N–C) groups is 1. The Bertz CT molecular complexity index is 249. The minimum Gasteiger partial charge on any atom is -0.393 e. The maximum absolute atomic E-state index is 9.53. The number of thioether (sulfide) groups is 1. The number of hydrogen-bond acceptors (Lipinski definition) is 3. The van der Waals surface area contributed by atoms with Crippen LogP contribution in [0.3, 0.4) is 0 Å². The van der Waals surface area contributed by atoms with Crippen molar-refractivity contribution >= 4 is 16.8 Å². The van der Waals surface area contributed by atoms with Gasteiger partial charge in [0.05, 0.1) is 17.2 Å². The number of aliphatic hydroxyl groups is 1. The molecule has 1 heterocycles. The van der Waals surface area contributed by atoms with E-state index >= 15 is 0 Å². The second-order valence-electron chi connectivity index (χ2n) is 4.43. The largest absolute Gasteiger partial charge is 0.393 e. The average molecular weight is 197 g/mol. The first-order chi connectivity index (χ1) is 6.33. The summed E-state index contributed by atoms with van der Waals surface area (Å²) in [7, 11) is 0. The minimum absolute atomic E-state index is 0.0532. The summed E-state index contributed by atoms with van der Waals surface area (Å²) < 4.78 is 0. The van der Waals surface area contributed by atoms with Crippen molar-refractivity contribution in [3.8, 4) is 0 Å². The lowest BCUT2D eigenvalue weighted by Gasteiger charge is -2.26. The quantitative estimate of drug-likeness (QED) is 0.695. The highest BCUT2D eigenvalue weighted by Crippen LogP contribution is 2.45. The van der Waals surface area contributed by atoms with Gasteiger partial charge in [-0.1, -0.05) is 0 Å². The molecular weight excluding hydrogens is 182 g/mol. The molecule has 2 saturated carbocycles. The Morgan fingerprint density at radius 3 is 2.85 bits per heavy atom. The van der Waals surface area contributed by atoms with Crippen molar-refractivity contribution in [2.24, 2.45) is 10.9 Å². The van der Waals surface area contributed by atoms with Crippen LogP contribution in [0.5, 0.6) is 0 Å². The Balaban J connectivity index is 1.71. The van der Waals surface area contributed by atoms with E-state index in [0.717, 1.165) is 25.2 Å². The summed E-state index contributed by atoms with van der Waals surface area (Å²) in [5, 5.41) is 11.5. The van der Waals surface area contributed by atoms with Gasteiger partial charge in [-0.25, -0.2) is 0 Å². The topological polar surface area (TPSA) is 32.6 Å². The molecular formula is C10H15NOS. The molecule has 72 valence electrons. The molecule has 13 heavy (non-hydrogen) atoms. The molecule has 3 rings (SSSR count). The number of aliphatic hydroxyl groups excluding tert-OH is 1. The van der Waals surface area contributed by atoms with E-state index in [9.17, 15) is 5.11 Å². The Morgan fingerprint density at radius 1 is 1.23 bits per heavy atom. The van der Waals surface area contributed by atoms with E-state index in [1.807, 2.05) is 11.8 Å². The maximum atomic E-state index is 9.53. The molecule has 0 bridgehead atoms. The number of rotatable bonds is 1.